The molecule has 1 aromatic rings. The number of hydrogen-bond donors (Lipinski definition) is 2. The summed E-state index contributed by atoms with van der Waals surface area (Å²) in [4.78, 5) is 10.5. The molecular formula is C12H17ClN2O3. The van der Waals surface area contributed by atoms with E-state index < -0.39 is 4.92 Å². The first-order valence-electron chi connectivity index (χ1n) is 5.77. The zero-order chi connectivity index (χ0) is 13.7. The van der Waals surface area contributed by atoms with Gasteiger partial charge in [-0.1, -0.05) is 25.4 Å². The number of nitro benzene ring substituents is 1. The summed E-state index contributed by atoms with van der Waals surface area (Å²) >= 11 is 5.75. The zero-order valence-corrected chi connectivity index (χ0v) is 11.1. The third kappa shape index (κ3) is 3.85. The molecule has 100 valence electrons. The summed E-state index contributed by atoms with van der Waals surface area (Å²) in [6, 6.07) is 4.50. The molecule has 0 bridgehead atoms. The predicted molar refractivity (Wildman–Crippen MR) is 72.1 cm³/mol. The Balaban J connectivity index is 2.98. The SMILES string of the molecule is CC(C)[C@H](CCO)Nc1ccc(Cl)cc1[N+](=O)[O-]. The van der Waals surface area contributed by atoms with Crippen LogP contribution in [0.5, 0.6) is 0 Å². The van der Waals surface area contributed by atoms with Gasteiger partial charge >= 0.3 is 0 Å². The second kappa shape index (κ2) is 6.56. The molecule has 18 heavy (non-hydrogen) atoms. The number of hydrogen-bond acceptors (Lipinski definition) is 4. The van der Waals surface area contributed by atoms with Crippen molar-refractivity contribution in [3.63, 3.8) is 0 Å². The molecule has 2 N–H and O–H groups in total. The van der Waals surface area contributed by atoms with Crippen LogP contribution in [0.15, 0.2) is 18.2 Å². The Morgan fingerprint density at radius 1 is 1.50 bits per heavy atom. The summed E-state index contributed by atoms with van der Waals surface area (Å²) < 4.78 is 0. The highest BCUT2D eigenvalue weighted by atomic mass is 35.5. The quantitative estimate of drug-likeness (QED) is 0.616. The van der Waals surface area contributed by atoms with E-state index in [0.717, 1.165) is 0 Å². The van der Waals surface area contributed by atoms with Gasteiger partial charge in [0.15, 0.2) is 0 Å². The smallest absolute Gasteiger partial charge is 0.293 e. The van der Waals surface area contributed by atoms with Crippen molar-refractivity contribution in [2.45, 2.75) is 26.3 Å². The lowest BCUT2D eigenvalue weighted by Gasteiger charge is -2.22. The van der Waals surface area contributed by atoms with Gasteiger partial charge in [-0.2, -0.15) is 0 Å². The number of aliphatic hydroxyl groups is 1. The molecule has 5 nitrogen and oxygen atoms in total. The molecule has 0 spiro atoms. The molecule has 0 radical (unpaired) electrons. The van der Waals surface area contributed by atoms with Gasteiger partial charge in [0.1, 0.15) is 5.69 Å². The topological polar surface area (TPSA) is 75.4 Å². The van der Waals surface area contributed by atoms with Crippen LogP contribution in [0.3, 0.4) is 0 Å². The van der Waals surface area contributed by atoms with Crippen molar-refractivity contribution < 1.29 is 10.0 Å². The molecule has 0 amide bonds. The molecule has 0 aromatic heterocycles. The van der Waals surface area contributed by atoms with Crippen LogP contribution < -0.4 is 5.32 Å². The molecule has 0 saturated carbocycles. The van der Waals surface area contributed by atoms with Gasteiger partial charge < -0.3 is 10.4 Å². The van der Waals surface area contributed by atoms with Crippen LogP contribution in [-0.4, -0.2) is 22.7 Å². The van der Waals surface area contributed by atoms with E-state index >= 15 is 0 Å². The van der Waals surface area contributed by atoms with E-state index in [1.807, 2.05) is 13.8 Å². The van der Waals surface area contributed by atoms with Gasteiger partial charge in [-0.15, -0.1) is 0 Å². The Morgan fingerprint density at radius 3 is 2.67 bits per heavy atom. The number of halogens is 1. The minimum absolute atomic E-state index is 0.0186. The van der Waals surface area contributed by atoms with E-state index in [0.29, 0.717) is 17.1 Å². The van der Waals surface area contributed by atoms with Crippen molar-refractivity contribution in [2.75, 3.05) is 11.9 Å². The summed E-state index contributed by atoms with van der Waals surface area (Å²) in [5.74, 6) is 0.257. The second-order valence-electron chi connectivity index (χ2n) is 4.43. The monoisotopic (exact) mass is 272 g/mol. The maximum atomic E-state index is 10.9. The molecule has 0 saturated heterocycles. The fourth-order valence-electron chi connectivity index (χ4n) is 1.69. The molecule has 0 aliphatic rings. The van der Waals surface area contributed by atoms with E-state index in [4.69, 9.17) is 16.7 Å². The summed E-state index contributed by atoms with van der Waals surface area (Å²) in [5, 5.41) is 23.4. The predicted octanol–water partition coefficient (Wildman–Crippen LogP) is 3.07. The standard InChI is InChI=1S/C12H17ClN2O3/c1-8(2)10(5-6-16)14-11-4-3-9(13)7-12(11)15(17)18/h3-4,7-8,10,14,16H,5-6H2,1-2H3/t10-/m0/s1. The van der Waals surface area contributed by atoms with Gasteiger partial charge in [0.25, 0.3) is 5.69 Å². The molecule has 1 rings (SSSR count). The average molecular weight is 273 g/mol. The summed E-state index contributed by atoms with van der Waals surface area (Å²) in [5.41, 5.74) is 0.377. The number of anilines is 1. The van der Waals surface area contributed by atoms with E-state index in [-0.39, 0.29) is 24.3 Å². The first kappa shape index (κ1) is 14.7. The number of aliphatic hydroxyl groups excluding tert-OH is 1. The first-order chi connectivity index (χ1) is 8.45. The van der Waals surface area contributed by atoms with E-state index in [1.165, 1.54) is 6.07 Å². The van der Waals surface area contributed by atoms with Gasteiger partial charge in [-0.25, -0.2) is 0 Å². The van der Waals surface area contributed by atoms with Crippen LogP contribution in [0.1, 0.15) is 20.3 Å². The molecule has 1 aromatic carbocycles. The van der Waals surface area contributed by atoms with Gasteiger partial charge in [0, 0.05) is 23.7 Å². The highest BCUT2D eigenvalue weighted by molar-refractivity contribution is 6.30. The van der Waals surface area contributed by atoms with Gasteiger partial charge in [0.05, 0.1) is 4.92 Å². The Morgan fingerprint density at radius 2 is 2.17 bits per heavy atom. The molecule has 0 heterocycles. The minimum atomic E-state index is -0.468. The van der Waals surface area contributed by atoms with E-state index in [9.17, 15) is 10.1 Å². The maximum Gasteiger partial charge on any atom is 0.293 e. The van der Waals surface area contributed by atoms with Gasteiger partial charge in [-0.05, 0) is 24.5 Å². The summed E-state index contributed by atoms with van der Waals surface area (Å²) in [7, 11) is 0. The second-order valence-corrected chi connectivity index (χ2v) is 4.86. The lowest BCUT2D eigenvalue weighted by atomic mass is 10.0. The lowest BCUT2D eigenvalue weighted by Crippen LogP contribution is -2.27. The van der Waals surface area contributed by atoms with E-state index in [1.54, 1.807) is 12.1 Å². The summed E-state index contributed by atoms with van der Waals surface area (Å²) in [6.45, 7) is 4.03. The molecule has 6 heteroatoms. The number of nitro groups is 1. The van der Waals surface area contributed by atoms with Crippen molar-refractivity contribution in [2.24, 2.45) is 5.92 Å². The Hall–Kier alpha value is -1.33. The van der Waals surface area contributed by atoms with Crippen LogP contribution >= 0.6 is 11.6 Å². The van der Waals surface area contributed by atoms with Crippen molar-refractivity contribution in [3.8, 4) is 0 Å². The molecular weight excluding hydrogens is 256 g/mol. The molecule has 0 unspecified atom stereocenters. The zero-order valence-electron chi connectivity index (χ0n) is 10.4. The number of nitrogens with one attached hydrogen (secondary N) is 1. The molecule has 1 atom stereocenters. The van der Waals surface area contributed by atoms with Gasteiger partial charge in [0.2, 0.25) is 0 Å². The third-order valence-electron chi connectivity index (χ3n) is 2.74. The number of nitrogens with zero attached hydrogens (tertiary/aromatic N) is 1. The van der Waals surface area contributed by atoms with Crippen LogP contribution in [0.25, 0.3) is 0 Å². The van der Waals surface area contributed by atoms with Gasteiger partial charge in [-0.3, -0.25) is 10.1 Å². The number of benzene rings is 1. The minimum Gasteiger partial charge on any atom is -0.396 e. The normalized spacial score (nSPS) is 12.5. The summed E-state index contributed by atoms with van der Waals surface area (Å²) in [6.07, 6.45) is 0.539. The fraction of sp³-hybridized carbons (Fsp3) is 0.500. The van der Waals surface area contributed by atoms with Crippen molar-refractivity contribution in [3.05, 3.63) is 33.3 Å². The van der Waals surface area contributed by atoms with Crippen molar-refractivity contribution in [1.82, 2.24) is 0 Å². The van der Waals surface area contributed by atoms with E-state index in [2.05, 4.69) is 5.32 Å². The number of rotatable bonds is 6. The van der Waals surface area contributed by atoms with Crippen LogP contribution in [-0.2, 0) is 0 Å². The first-order valence-corrected chi connectivity index (χ1v) is 6.14. The Labute approximate surface area is 111 Å². The average Bonchev–Trinajstić information content (AvgIpc) is 2.30. The molecule has 0 aliphatic heterocycles. The van der Waals surface area contributed by atoms with Crippen molar-refractivity contribution in [1.29, 1.82) is 0 Å². The van der Waals surface area contributed by atoms with Crippen LogP contribution in [0, 0.1) is 16.0 Å². The third-order valence-corrected chi connectivity index (χ3v) is 2.98. The fourth-order valence-corrected chi connectivity index (χ4v) is 1.86. The Kier molecular flexibility index (Phi) is 5.37. The van der Waals surface area contributed by atoms with Crippen molar-refractivity contribution >= 4 is 23.0 Å². The molecule has 0 aliphatic carbocycles. The highest BCUT2D eigenvalue weighted by Crippen LogP contribution is 2.29. The Bertz CT molecular complexity index is 424. The maximum absolute atomic E-state index is 10.9. The van der Waals surface area contributed by atoms with Crippen LogP contribution in [0.4, 0.5) is 11.4 Å². The largest absolute Gasteiger partial charge is 0.396 e. The van der Waals surface area contributed by atoms with Crippen LogP contribution in [0.2, 0.25) is 5.02 Å². The lowest BCUT2D eigenvalue weighted by molar-refractivity contribution is -0.384. The highest BCUT2D eigenvalue weighted by Gasteiger charge is 2.19. The molecule has 0 fully saturated rings.